The van der Waals surface area contributed by atoms with Crippen molar-refractivity contribution in [2.24, 2.45) is 5.73 Å². The van der Waals surface area contributed by atoms with E-state index in [1.165, 1.54) is 0 Å². The Bertz CT molecular complexity index is 1370. The lowest BCUT2D eigenvalue weighted by Crippen LogP contribution is -2.46. The zero-order chi connectivity index (χ0) is 24.4. The van der Waals surface area contributed by atoms with Crippen LogP contribution in [0.3, 0.4) is 0 Å². The van der Waals surface area contributed by atoms with Gasteiger partial charge in [0.15, 0.2) is 17.4 Å². The van der Waals surface area contributed by atoms with Crippen LogP contribution in [0.25, 0.3) is 17.0 Å². The van der Waals surface area contributed by atoms with Crippen LogP contribution in [0, 0.1) is 12.7 Å². The standard InChI is InChI=1S/C24H27FN8O2/c1-3-4-15-10-21(32-31-15)28-20-11-22(33-7-8-34-16(12-26)13-33)30-24(29-20)35-19-6-5-18-17(23(19)25)9-14(2)27-18/h3-6,9-11,16,27H,7-8,12-13,26H2,1-2H3,(H2,28,29,30,31,32)/b4-3+. The fourth-order valence-electron chi connectivity index (χ4n) is 4.02. The summed E-state index contributed by atoms with van der Waals surface area (Å²) < 4.78 is 26.7. The predicted octanol–water partition coefficient (Wildman–Crippen LogP) is 3.86. The quantitative estimate of drug-likeness (QED) is 0.315. The molecule has 4 aromatic rings. The van der Waals surface area contributed by atoms with Gasteiger partial charge < -0.3 is 30.4 Å². The van der Waals surface area contributed by atoms with Gasteiger partial charge in [0.1, 0.15) is 11.6 Å². The summed E-state index contributed by atoms with van der Waals surface area (Å²) >= 11 is 0. The Balaban J connectivity index is 1.49. The topological polar surface area (TPSA) is 130 Å². The Labute approximate surface area is 201 Å². The van der Waals surface area contributed by atoms with Gasteiger partial charge in [-0.2, -0.15) is 15.1 Å². The summed E-state index contributed by atoms with van der Waals surface area (Å²) in [5.41, 5.74) is 8.22. The Hall–Kier alpha value is -3.96. The lowest BCUT2D eigenvalue weighted by Gasteiger charge is -2.33. The van der Waals surface area contributed by atoms with Crippen LogP contribution in [0.15, 0.2) is 36.4 Å². The van der Waals surface area contributed by atoms with Gasteiger partial charge in [0, 0.05) is 48.4 Å². The van der Waals surface area contributed by atoms with Gasteiger partial charge in [0.25, 0.3) is 0 Å². The molecule has 0 aliphatic carbocycles. The highest BCUT2D eigenvalue weighted by molar-refractivity contribution is 5.82. The second-order valence-corrected chi connectivity index (χ2v) is 8.30. The van der Waals surface area contributed by atoms with Crippen molar-refractivity contribution in [3.05, 3.63) is 53.6 Å². The largest absolute Gasteiger partial charge is 0.421 e. The van der Waals surface area contributed by atoms with Crippen molar-refractivity contribution in [3.8, 4) is 11.8 Å². The molecule has 0 bridgehead atoms. The minimum Gasteiger partial charge on any atom is -0.421 e. The molecule has 5 N–H and O–H groups in total. The van der Waals surface area contributed by atoms with Gasteiger partial charge in [-0.25, -0.2) is 4.39 Å². The van der Waals surface area contributed by atoms with E-state index in [1.54, 1.807) is 24.3 Å². The number of anilines is 3. The maximum atomic E-state index is 15.2. The van der Waals surface area contributed by atoms with Crippen LogP contribution in [-0.4, -0.2) is 57.5 Å². The number of ether oxygens (including phenoxy) is 2. The van der Waals surface area contributed by atoms with Gasteiger partial charge in [0.2, 0.25) is 0 Å². The van der Waals surface area contributed by atoms with Gasteiger partial charge in [-0.1, -0.05) is 6.08 Å². The minimum absolute atomic E-state index is 0.00973. The van der Waals surface area contributed by atoms with Crippen LogP contribution in [0.2, 0.25) is 0 Å². The van der Waals surface area contributed by atoms with Gasteiger partial charge in [-0.3, -0.25) is 5.10 Å². The Kier molecular flexibility index (Phi) is 6.34. The highest BCUT2D eigenvalue weighted by atomic mass is 19.1. The number of H-pyrrole nitrogens is 2. The molecule has 182 valence electrons. The molecule has 1 aliphatic rings. The molecular weight excluding hydrogens is 451 g/mol. The molecule has 1 unspecified atom stereocenters. The Morgan fingerprint density at radius 1 is 1.29 bits per heavy atom. The highest BCUT2D eigenvalue weighted by Crippen LogP contribution is 2.31. The third-order valence-corrected chi connectivity index (χ3v) is 5.66. The van der Waals surface area contributed by atoms with E-state index in [4.69, 9.17) is 15.2 Å². The van der Waals surface area contributed by atoms with E-state index < -0.39 is 5.82 Å². The number of nitrogens with zero attached hydrogens (tertiary/aromatic N) is 4. The smallest absolute Gasteiger partial charge is 0.326 e. The lowest BCUT2D eigenvalue weighted by atomic mass is 10.2. The maximum Gasteiger partial charge on any atom is 0.326 e. The number of benzene rings is 1. The fraction of sp³-hybridized carbons (Fsp3) is 0.292. The number of aromatic amines is 2. The summed E-state index contributed by atoms with van der Waals surface area (Å²) in [4.78, 5) is 14.2. The van der Waals surface area contributed by atoms with Gasteiger partial charge in [-0.15, -0.1) is 0 Å². The van der Waals surface area contributed by atoms with Crippen LogP contribution in [0.1, 0.15) is 18.3 Å². The fourth-order valence-corrected chi connectivity index (χ4v) is 4.02. The molecule has 3 aromatic heterocycles. The zero-order valence-corrected chi connectivity index (χ0v) is 19.5. The summed E-state index contributed by atoms with van der Waals surface area (Å²) in [5.74, 6) is 1.21. The van der Waals surface area contributed by atoms with Crippen LogP contribution < -0.4 is 20.7 Å². The normalized spacial score (nSPS) is 16.3. The van der Waals surface area contributed by atoms with Crippen molar-refractivity contribution in [3.63, 3.8) is 0 Å². The van der Waals surface area contributed by atoms with Crippen LogP contribution in [-0.2, 0) is 4.74 Å². The van der Waals surface area contributed by atoms with E-state index in [9.17, 15) is 0 Å². The predicted molar refractivity (Wildman–Crippen MR) is 133 cm³/mol. The molecule has 1 aliphatic heterocycles. The number of hydrogen-bond acceptors (Lipinski definition) is 8. The molecule has 10 nitrogen and oxygen atoms in total. The molecule has 0 spiro atoms. The van der Waals surface area contributed by atoms with Crippen molar-refractivity contribution in [1.29, 1.82) is 0 Å². The van der Waals surface area contributed by atoms with E-state index in [0.29, 0.717) is 54.6 Å². The van der Waals surface area contributed by atoms with Gasteiger partial charge in [-0.05, 0) is 38.1 Å². The number of fused-ring (bicyclic) bond motifs is 1. The number of aryl methyl sites for hydroxylation is 1. The number of allylic oxidation sites excluding steroid dienone is 1. The number of morpholine rings is 1. The Morgan fingerprint density at radius 2 is 2.17 bits per heavy atom. The molecule has 0 radical (unpaired) electrons. The molecule has 35 heavy (non-hydrogen) atoms. The van der Waals surface area contributed by atoms with Crippen molar-refractivity contribution < 1.29 is 13.9 Å². The van der Waals surface area contributed by atoms with Crippen LogP contribution >= 0.6 is 0 Å². The molecule has 4 heterocycles. The Morgan fingerprint density at radius 3 is 3.00 bits per heavy atom. The summed E-state index contributed by atoms with van der Waals surface area (Å²) in [6, 6.07) is 8.73. The second-order valence-electron chi connectivity index (χ2n) is 8.30. The summed E-state index contributed by atoms with van der Waals surface area (Å²) in [5, 5.41) is 10.8. The van der Waals surface area contributed by atoms with Crippen LogP contribution in [0.5, 0.6) is 11.8 Å². The molecule has 1 aromatic carbocycles. The average Bonchev–Trinajstić information content (AvgIpc) is 3.47. The summed E-state index contributed by atoms with van der Waals surface area (Å²) in [6.07, 6.45) is 3.71. The van der Waals surface area contributed by atoms with Crippen molar-refractivity contribution in [2.45, 2.75) is 20.0 Å². The number of rotatable bonds is 7. The van der Waals surface area contributed by atoms with E-state index in [-0.39, 0.29) is 17.9 Å². The van der Waals surface area contributed by atoms with Crippen molar-refractivity contribution in [2.75, 3.05) is 36.5 Å². The number of nitrogens with one attached hydrogen (secondary N) is 3. The third kappa shape index (κ3) is 4.96. The molecule has 5 rings (SSSR count). The highest BCUT2D eigenvalue weighted by Gasteiger charge is 2.22. The lowest BCUT2D eigenvalue weighted by molar-refractivity contribution is 0.0462. The first-order valence-corrected chi connectivity index (χ1v) is 11.4. The SMILES string of the molecule is C/C=C/c1cc(Nc2cc(N3CCOC(CN)C3)nc(Oc3ccc4[nH]c(C)cc4c3F)n2)n[nH]1. The number of aromatic nitrogens is 5. The van der Waals surface area contributed by atoms with E-state index in [1.807, 2.05) is 37.0 Å². The molecule has 1 fully saturated rings. The zero-order valence-electron chi connectivity index (χ0n) is 19.5. The first-order chi connectivity index (χ1) is 17.0. The molecule has 1 saturated heterocycles. The van der Waals surface area contributed by atoms with Gasteiger partial charge >= 0.3 is 6.01 Å². The average molecular weight is 479 g/mol. The van der Waals surface area contributed by atoms with E-state index in [2.05, 4.69) is 30.5 Å². The van der Waals surface area contributed by atoms with Crippen molar-refractivity contribution >= 4 is 34.4 Å². The molecular formula is C24H27FN8O2. The third-order valence-electron chi connectivity index (χ3n) is 5.66. The maximum absolute atomic E-state index is 15.2. The van der Waals surface area contributed by atoms with Crippen LogP contribution in [0.4, 0.5) is 21.8 Å². The first kappa shape index (κ1) is 22.8. The number of hydrogen-bond donors (Lipinski definition) is 4. The second kappa shape index (κ2) is 9.72. The molecule has 1 atom stereocenters. The molecule has 0 saturated carbocycles. The first-order valence-electron chi connectivity index (χ1n) is 11.4. The minimum atomic E-state index is -0.478. The van der Waals surface area contributed by atoms with E-state index >= 15 is 4.39 Å². The number of halogens is 1. The monoisotopic (exact) mass is 478 g/mol. The van der Waals surface area contributed by atoms with E-state index in [0.717, 1.165) is 11.4 Å². The van der Waals surface area contributed by atoms with Crippen molar-refractivity contribution in [1.82, 2.24) is 25.1 Å². The summed E-state index contributed by atoms with van der Waals surface area (Å²) in [7, 11) is 0. The summed E-state index contributed by atoms with van der Waals surface area (Å²) in [6.45, 7) is 5.93. The number of nitrogens with two attached hydrogens (primary N) is 1. The van der Waals surface area contributed by atoms with Gasteiger partial charge in [0.05, 0.1) is 18.4 Å². The molecule has 11 heteroatoms. The molecule has 0 amide bonds.